The highest BCUT2D eigenvalue weighted by atomic mass is 32.3. The first-order chi connectivity index (χ1) is 15.7. The maximum absolute atomic E-state index is 11.4. The number of hydrogen-bond donors (Lipinski definition) is 2. The maximum atomic E-state index is 11.4. The average molecular weight is 551 g/mol. The van der Waals surface area contributed by atoms with Crippen molar-refractivity contribution < 1.29 is 66.6 Å². The van der Waals surface area contributed by atoms with Crippen molar-refractivity contribution in [1.29, 1.82) is 0 Å². The van der Waals surface area contributed by atoms with Crippen LogP contribution in [0.1, 0.15) is 5.56 Å². The Balaban J connectivity index is 2.48. The third-order valence-corrected chi connectivity index (χ3v) is 5.63. The molecule has 0 radical (unpaired) electrons. The molecule has 0 saturated carbocycles. The topological polar surface area (TPSA) is 250 Å². The fourth-order valence-corrected chi connectivity index (χ4v) is 4.39. The van der Waals surface area contributed by atoms with E-state index >= 15 is 0 Å². The third kappa shape index (κ3) is 10.1. The highest BCUT2D eigenvalue weighted by Crippen LogP contribution is 2.29. The molecule has 1 heterocycles. The fraction of sp³-hybridized carbons (Fsp3) is 0.600. The quantitative estimate of drug-likeness (QED) is 0.184. The molecule has 1 saturated heterocycles. The van der Waals surface area contributed by atoms with Crippen LogP contribution in [0.15, 0.2) is 30.3 Å². The summed E-state index contributed by atoms with van der Waals surface area (Å²) in [4.78, 5) is 0. The zero-order valence-corrected chi connectivity index (χ0v) is 19.4. The van der Waals surface area contributed by atoms with Gasteiger partial charge in [-0.3, -0.25) is 8.37 Å². The van der Waals surface area contributed by atoms with Gasteiger partial charge in [0.2, 0.25) is 20.8 Å². The summed E-state index contributed by atoms with van der Waals surface area (Å²) in [7, 11) is -16.2. The molecular formula is C15H20NO15S3-3. The summed E-state index contributed by atoms with van der Waals surface area (Å²) in [5.74, 6) is 0. The average Bonchev–Trinajstić information content (AvgIpc) is 2.70. The molecule has 5 atom stereocenters. The fourth-order valence-electron chi connectivity index (χ4n) is 3.01. The van der Waals surface area contributed by atoms with Crippen LogP contribution in [0, 0.1) is 0 Å². The second kappa shape index (κ2) is 12.1. The number of rotatable bonds is 13. The zero-order valence-electron chi connectivity index (χ0n) is 17.0. The molecule has 16 nitrogen and oxygen atoms in total. The van der Waals surface area contributed by atoms with E-state index in [1.807, 2.05) is 0 Å². The predicted molar refractivity (Wildman–Crippen MR) is 104 cm³/mol. The van der Waals surface area contributed by atoms with Gasteiger partial charge in [-0.15, -0.1) is 0 Å². The molecule has 1 aromatic rings. The molecule has 1 aromatic carbocycles. The molecule has 2 rings (SSSR count). The summed E-state index contributed by atoms with van der Waals surface area (Å²) in [5.41, 5.74) is 0.488. The Morgan fingerprint density at radius 2 is 1.59 bits per heavy atom. The summed E-state index contributed by atoms with van der Waals surface area (Å²) < 4.78 is 127. The van der Waals surface area contributed by atoms with Crippen molar-refractivity contribution in [2.75, 3.05) is 19.8 Å². The van der Waals surface area contributed by atoms with E-state index in [0.29, 0.717) is 5.56 Å². The van der Waals surface area contributed by atoms with E-state index in [9.17, 15) is 38.9 Å². The van der Waals surface area contributed by atoms with Crippen LogP contribution < -0.4 is 4.72 Å². The molecule has 0 aliphatic carbocycles. The monoisotopic (exact) mass is 550 g/mol. The minimum atomic E-state index is -5.59. The summed E-state index contributed by atoms with van der Waals surface area (Å²) in [6.45, 7) is -2.61. The number of aliphatic hydroxyl groups excluding tert-OH is 1. The first kappa shape index (κ1) is 28.9. The molecule has 0 bridgehead atoms. The molecule has 1 aliphatic rings. The van der Waals surface area contributed by atoms with Crippen LogP contribution in [0.3, 0.4) is 0 Å². The largest absolute Gasteiger partial charge is 0.735 e. The number of hydrogen-bond acceptors (Lipinski definition) is 15. The van der Waals surface area contributed by atoms with Crippen LogP contribution in [0.2, 0.25) is 0 Å². The Labute approximate surface area is 195 Å². The number of ether oxygens (including phenoxy) is 3. The van der Waals surface area contributed by atoms with Gasteiger partial charge in [0.25, 0.3) is 0 Å². The van der Waals surface area contributed by atoms with Gasteiger partial charge in [0.1, 0.15) is 24.4 Å². The Hall–Kier alpha value is -1.33. The van der Waals surface area contributed by atoms with E-state index in [2.05, 4.69) is 8.37 Å². The van der Waals surface area contributed by atoms with Crippen LogP contribution in [0.25, 0.3) is 0 Å². The highest BCUT2D eigenvalue weighted by molar-refractivity contribution is 7.83. The van der Waals surface area contributed by atoms with Gasteiger partial charge < -0.3 is 33.0 Å². The van der Waals surface area contributed by atoms with Gasteiger partial charge in [0, 0.05) is 0 Å². The SMILES string of the molecule is O=S(=O)([O-])N[C@H]1[C@@H](OCCO)O[C@H](COS(=O)(=O)[O-])[C@@H](OCc2ccccc2)[C@@H]1OS(=O)(=O)[O-]. The summed E-state index contributed by atoms with van der Waals surface area (Å²) >= 11 is 0. The van der Waals surface area contributed by atoms with Crippen LogP contribution in [0.4, 0.5) is 0 Å². The number of nitrogens with one attached hydrogen (secondary N) is 1. The van der Waals surface area contributed by atoms with Gasteiger partial charge in [-0.25, -0.2) is 30.0 Å². The molecular weight excluding hydrogens is 530 g/mol. The Morgan fingerprint density at radius 3 is 2.12 bits per heavy atom. The Bertz CT molecular complexity index is 1090. The van der Waals surface area contributed by atoms with Crippen molar-refractivity contribution in [2.24, 2.45) is 0 Å². The van der Waals surface area contributed by atoms with Gasteiger partial charge in [0.05, 0.1) is 26.4 Å². The lowest BCUT2D eigenvalue weighted by atomic mass is 9.97. The third-order valence-electron chi connectivity index (χ3n) is 4.19. The normalized spacial score (nSPS) is 26.4. The first-order valence-corrected chi connectivity index (χ1v) is 13.3. The second-order valence-corrected chi connectivity index (χ2v) is 9.86. The molecule has 19 heteroatoms. The minimum Gasteiger partial charge on any atom is -0.735 e. The molecule has 2 N–H and O–H groups in total. The van der Waals surface area contributed by atoms with Gasteiger partial charge >= 0.3 is 0 Å². The van der Waals surface area contributed by atoms with Gasteiger partial charge in [-0.1, -0.05) is 30.3 Å². The van der Waals surface area contributed by atoms with Crippen LogP contribution in [-0.2, 0) is 60.3 Å². The standard InChI is InChI=1S/C15H23NO15S3/c17-6-7-27-15-12(16-32(18,19)20)14(31-34(24,25)26)13(11(30-15)9-29-33(21,22)23)28-8-10-4-2-1-3-5-10/h1-5,11-17H,6-9H2,(H,18,19,20)(H,21,22,23)(H,24,25,26)/p-3/t11-,12-,13-,14-,15+/m1/s1. The Kier molecular flexibility index (Phi) is 10.3. The van der Waals surface area contributed by atoms with Crippen LogP contribution in [0.5, 0.6) is 0 Å². The zero-order chi connectivity index (χ0) is 25.6. The van der Waals surface area contributed by atoms with E-state index < -0.39 is 81.6 Å². The summed E-state index contributed by atoms with van der Waals surface area (Å²) in [6, 6.07) is 6.01. The first-order valence-electron chi connectivity index (χ1n) is 9.19. The summed E-state index contributed by atoms with van der Waals surface area (Å²) in [6.07, 6.45) is -7.56. The maximum Gasteiger partial charge on any atom is 0.218 e. The highest BCUT2D eigenvalue weighted by Gasteiger charge is 2.50. The molecule has 0 unspecified atom stereocenters. The van der Waals surface area contributed by atoms with E-state index in [4.69, 9.17) is 19.3 Å². The van der Waals surface area contributed by atoms with E-state index in [-0.39, 0.29) is 6.61 Å². The van der Waals surface area contributed by atoms with Crippen molar-refractivity contribution in [2.45, 2.75) is 37.3 Å². The molecule has 0 aromatic heterocycles. The molecule has 1 aliphatic heterocycles. The predicted octanol–water partition coefficient (Wildman–Crippen LogP) is -2.95. The molecule has 0 spiro atoms. The van der Waals surface area contributed by atoms with Crippen LogP contribution >= 0.6 is 0 Å². The van der Waals surface area contributed by atoms with Crippen molar-refractivity contribution >= 4 is 31.1 Å². The van der Waals surface area contributed by atoms with Crippen LogP contribution in [-0.4, -0.2) is 94.5 Å². The molecule has 34 heavy (non-hydrogen) atoms. The molecule has 0 amide bonds. The molecule has 196 valence electrons. The Morgan fingerprint density at radius 1 is 0.941 bits per heavy atom. The lowest BCUT2D eigenvalue weighted by molar-refractivity contribution is -0.274. The number of benzene rings is 1. The van der Waals surface area contributed by atoms with E-state index in [1.54, 1.807) is 30.3 Å². The summed E-state index contributed by atoms with van der Waals surface area (Å²) in [5, 5.41) is 8.98. The minimum absolute atomic E-state index is 0.326. The number of aliphatic hydroxyl groups is 1. The van der Waals surface area contributed by atoms with Gasteiger partial charge in [0.15, 0.2) is 16.6 Å². The van der Waals surface area contributed by atoms with Crippen molar-refractivity contribution in [3.05, 3.63) is 35.9 Å². The lowest BCUT2D eigenvalue weighted by Gasteiger charge is -2.46. The van der Waals surface area contributed by atoms with Crippen molar-refractivity contribution in [1.82, 2.24) is 4.72 Å². The smallest absolute Gasteiger partial charge is 0.218 e. The van der Waals surface area contributed by atoms with E-state index in [0.717, 1.165) is 0 Å². The van der Waals surface area contributed by atoms with Crippen molar-refractivity contribution in [3.63, 3.8) is 0 Å². The molecule has 1 fully saturated rings. The lowest BCUT2D eigenvalue weighted by Crippen LogP contribution is -2.66. The second-order valence-electron chi connectivity index (χ2n) is 6.66. The van der Waals surface area contributed by atoms with Crippen molar-refractivity contribution in [3.8, 4) is 0 Å². The van der Waals surface area contributed by atoms with E-state index in [1.165, 1.54) is 4.72 Å². The van der Waals surface area contributed by atoms with Gasteiger partial charge in [-0.2, -0.15) is 0 Å². The van der Waals surface area contributed by atoms with Gasteiger partial charge in [-0.05, 0) is 5.56 Å².